The Balaban J connectivity index is 1.75. The van der Waals surface area contributed by atoms with Crippen LogP contribution in [0, 0.1) is 0 Å². The number of Topliss-reactive ketones (excluding diaryl/α,β-unsaturated/α-hetero) is 1. The molecule has 4 heteroatoms. The Labute approximate surface area is 141 Å². The fourth-order valence-electron chi connectivity index (χ4n) is 3.11. The first kappa shape index (κ1) is 16.4. The van der Waals surface area contributed by atoms with Gasteiger partial charge in [0, 0.05) is 19.3 Å². The van der Waals surface area contributed by atoms with Crippen LogP contribution in [0.25, 0.3) is 0 Å². The van der Waals surface area contributed by atoms with Gasteiger partial charge in [0.15, 0.2) is 0 Å². The van der Waals surface area contributed by atoms with Crippen LogP contribution in [0.2, 0.25) is 0 Å². The number of benzene rings is 2. The second-order valence-electron chi connectivity index (χ2n) is 6.09. The number of carbonyl (C=O) groups is 2. The van der Waals surface area contributed by atoms with E-state index in [0.717, 1.165) is 24.2 Å². The number of ether oxygens (including phenoxy) is 1. The number of hydrogen-bond donors (Lipinski definition) is 1. The second kappa shape index (κ2) is 7.41. The van der Waals surface area contributed by atoms with Crippen molar-refractivity contribution in [1.82, 2.24) is 5.32 Å². The molecule has 0 radical (unpaired) electrons. The van der Waals surface area contributed by atoms with Crippen LogP contribution in [0.5, 0.6) is 0 Å². The Morgan fingerprint density at radius 1 is 0.917 bits per heavy atom. The maximum Gasteiger partial charge on any atom is 0.375 e. The first-order valence-electron chi connectivity index (χ1n) is 8.26. The van der Waals surface area contributed by atoms with Crippen molar-refractivity contribution in [1.29, 1.82) is 0 Å². The fourth-order valence-corrected chi connectivity index (χ4v) is 3.11. The van der Waals surface area contributed by atoms with Crippen LogP contribution in [0.4, 0.5) is 0 Å². The molecule has 1 saturated heterocycles. The van der Waals surface area contributed by atoms with Gasteiger partial charge in [-0.25, -0.2) is 4.79 Å². The van der Waals surface area contributed by atoms with E-state index in [2.05, 4.69) is 5.32 Å². The van der Waals surface area contributed by atoms with Crippen molar-refractivity contribution in [3.63, 3.8) is 0 Å². The minimum atomic E-state index is -0.746. The van der Waals surface area contributed by atoms with Crippen molar-refractivity contribution in [2.45, 2.75) is 24.9 Å². The molecule has 0 saturated carbocycles. The lowest BCUT2D eigenvalue weighted by Gasteiger charge is -2.37. The van der Waals surface area contributed by atoms with E-state index in [9.17, 15) is 9.59 Å². The molecule has 4 nitrogen and oxygen atoms in total. The maximum absolute atomic E-state index is 12.4. The smallest absolute Gasteiger partial charge is 0.375 e. The SMILES string of the molecule is O=C(Cc1ccccc1)C(=O)OC1(c2ccccc2)CCNCC1. The van der Waals surface area contributed by atoms with Crippen molar-refractivity contribution >= 4 is 11.8 Å². The molecule has 124 valence electrons. The molecule has 2 aromatic rings. The zero-order valence-electron chi connectivity index (χ0n) is 13.5. The van der Waals surface area contributed by atoms with Gasteiger partial charge in [-0.15, -0.1) is 0 Å². The van der Waals surface area contributed by atoms with E-state index in [-0.39, 0.29) is 6.42 Å². The summed E-state index contributed by atoms with van der Waals surface area (Å²) in [6, 6.07) is 19.0. The number of carbonyl (C=O) groups excluding carboxylic acids is 2. The number of esters is 1. The number of rotatable bonds is 5. The summed E-state index contributed by atoms with van der Waals surface area (Å²) >= 11 is 0. The highest BCUT2D eigenvalue weighted by atomic mass is 16.6. The van der Waals surface area contributed by atoms with Gasteiger partial charge < -0.3 is 10.1 Å². The Morgan fingerprint density at radius 2 is 1.50 bits per heavy atom. The van der Waals surface area contributed by atoms with Crippen LogP contribution in [-0.2, 0) is 26.3 Å². The molecule has 0 aliphatic carbocycles. The van der Waals surface area contributed by atoms with E-state index >= 15 is 0 Å². The molecule has 24 heavy (non-hydrogen) atoms. The van der Waals surface area contributed by atoms with Crippen LogP contribution < -0.4 is 5.32 Å². The highest BCUT2D eigenvalue weighted by Gasteiger charge is 2.39. The third-order valence-electron chi connectivity index (χ3n) is 4.43. The molecule has 1 N–H and O–H groups in total. The van der Waals surface area contributed by atoms with Gasteiger partial charge in [0.25, 0.3) is 0 Å². The van der Waals surface area contributed by atoms with Crippen molar-refractivity contribution in [3.8, 4) is 0 Å². The van der Waals surface area contributed by atoms with Crippen molar-refractivity contribution in [2.75, 3.05) is 13.1 Å². The summed E-state index contributed by atoms with van der Waals surface area (Å²) in [7, 11) is 0. The van der Waals surface area contributed by atoms with Crippen LogP contribution in [-0.4, -0.2) is 24.8 Å². The van der Waals surface area contributed by atoms with Gasteiger partial charge >= 0.3 is 5.97 Å². The average molecular weight is 323 g/mol. The molecule has 1 aliphatic heterocycles. The van der Waals surface area contributed by atoms with Crippen LogP contribution in [0.1, 0.15) is 24.0 Å². The molecular weight excluding hydrogens is 302 g/mol. The molecule has 2 aromatic carbocycles. The van der Waals surface area contributed by atoms with E-state index in [1.807, 2.05) is 60.7 Å². The van der Waals surface area contributed by atoms with Gasteiger partial charge in [0.05, 0.1) is 0 Å². The lowest BCUT2D eigenvalue weighted by molar-refractivity contribution is -0.169. The topological polar surface area (TPSA) is 55.4 Å². The molecule has 1 heterocycles. The Hall–Kier alpha value is -2.46. The Kier molecular flexibility index (Phi) is 5.06. The van der Waals surface area contributed by atoms with Crippen LogP contribution in [0.3, 0.4) is 0 Å². The summed E-state index contributed by atoms with van der Waals surface area (Å²) in [5, 5.41) is 3.28. The van der Waals surface area contributed by atoms with Gasteiger partial charge in [-0.2, -0.15) is 0 Å². The number of nitrogens with one attached hydrogen (secondary N) is 1. The minimum absolute atomic E-state index is 0.0722. The lowest BCUT2D eigenvalue weighted by Crippen LogP contribution is -2.44. The fraction of sp³-hybridized carbons (Fsp3) is 0.300. The normalized spacial score (nSPS) is 16.3. The molecular formula is C20H21NO3. The summed E-state index contributed by atoms with van der Waals surface area (Å²) in [6.45, 7) is 1.52. The quantitative estimate of drug-likeness (QED) is 0.679. The number of piperidine rings is 1. The van der Waals surface area contributed by atoms with Crippen molar-refractivity contribution in [3.05, 3.63) is 71.8 Å². The Morgan fingerprint density at radius 3 is 2.12 bits per heavy atom. The largest absolute Gasteiger partial charge is 0.448 e. The van der Waals surface area contributed by atoms with E-state index in [1.54, 1.807) is 0 Å². The maximum atomic E-state index is 12.4. The number of ketones is 1. The molecule has 0 amide bonds. The zero-order chi connectivity index (χ0) is 16.8. The van der Waals surface area contributed by atoms with Gasteiger partial charge in [-0.3, -0.25) is 4.79 Å². The third kappa shape index (κ3) is 3.71. The van der Waals surface area contributed by atoms with Gasteiger partial charge in [0.1, 0.15) is 5.60 Å². The number of hydrogen-bond acceptors (Lipinski definition) is 4. The standard InChI is InChI=1S/C20H21NO3/c22-18(15-16-7-3-1-4-8-16)19(23)24-20(11-13-21-14-12-20)17-9-5-2-6-10-17/h1-10,21H,11-15H2. The van der Waals surface area contributed by atoms with Gasteiger partial charge in [-0.1, -0.05) is 60.7 Å². The summed E-state index contributed by atoms with van der Waals surface area (Å²) in [4.78, 5) is 24.7. The van der Waals surface area contributed by atoms with Crippen LogP contribution >= 0.6 is 0 Å². The predicted octanol–water partition coefficient (Wildman–Crippen LogP) is 2.62. The summed E-state index contributed by atoms with van der Waals surface area (Å²) in [5.41, 5.74) is 1.06. The van der Waals surface area contributed by atoms with E-state index in [0.29, 0.717) is 12.8 Å². The van der Waals surface area contributed by atoms with E-state index < -0.39 is 17.4 Å². The van der Waals surface area contributed by atoms with E-state index in [1.165, 1.54) is 0 Å². The third-order valence-corrected chi connectivity index (χ3v) is 4.43. The summed E-state index contributed by atoms with van der Waals surface area (Å²) in [6.07, 6.45) is 1.41. The second-order valence-corrected chi connectivity index (χ2v) is 6.09. The highest BCUT2D eigenvalue weighted by Crippen LogP contribution is 2.35. The average Bonchev–Trinajstić information content (AvgIpc) is 2.64. The molecule has 0 atom stereocenters. The first-order valence-corrected chi connectivity index (χ1v) is 8.26. The van der Waals surface area contributed by atoms with Gasteiger partial charge in [0.2, 0.25) is 5.78 Å². The summed E-state index contributed by atoms with van der Waals surface area (Å²) in [5.74, 6) is -1.25. The highest BCUT2D eigenvalue weighted by molar-refractivity contribution is 6.34. The molecule has 0 spiro atoms. The monoisotopic (exact) mass is 323 g/mol. The molecule has 0 aromatic heterocycles. The van der Waals surface area contributed by atoms with Gasteiger partial charge in [-0.05, 0) is 24.2 Å². The molecule has 1 fully saturated rings. The Bertz CT molecular complexity index is 691. The van der Waals surface area contributed by atoms with Crippen LogP contribution in [0.15, 0.2) is 60.7 Å². The molecule has 0 unspecified atom stereocenters. The minimum Gasteiger partial charge on any atom is -0.448 e. The first-order chi connectivity index (χ1) is 11.7. The lowest BCUT2D eigenvalue weighted by atomic mass is 9.84. The van der Waals surface area contributed by atoms with E-state index in [4.69, 9.17) is 4.74 Å². The summed E-state index contributed by atoms with van der Waals surface area (Å²) < 4.78 is 5.77. The van der Waals surface area contributed by atoms with Crippen molar-refractivity contribution in [2.24, 2.45) is 0 Å². The predicted molar refractivity (Wildman–Crippen MR) is 91.5 cm³/mol. The molecule has 3 rings (SSSR count). The van der Waals surface area contributed by atoms with Crippen molar-refractivity contribution < 1.29 is 14.3 Å². The molecule has 1 aliphatic rings. The zero-order valence-corrected chi connectivity index (χ0v) is 13.5. The molecule has 0 bridgehead atoms.